The van der Waals surface area contributed by atoms with E-state index in [-0.39, 0.29) is 5.75 Å². The summed E-state index contributed by atoms with van der Waals surface area (Å²) in [7, 11) is 1.40. The summed E-state index contributed by atoms with van der Waals surface area (Å²) in [6.45, 7) is 0. The quantitative estimate of drug-likeness (QED) is 0.829. The Hall–Kier alpha value is -2.74. The maximum atomic E-state index is 13.3. The molecule has 0 heterocycles. The van der Waals surface area contributed by atoms with Crippen molar-refractivity contribution >= 4 is 17.1 Å². The van der Waals surface area contributed by atoms with Gasteiger partial charge in [0, 0.05) is 11.8 Å². The molecule has 0 atom stereocenters. The Balaban J connectivity index is 2.33. The van der Waals surface area contributed by atoms with Crippen LogP contribution >= 0.6 is 0 Å². The Kier molecular flexibility index (Phi) is 3.53. The average Bonchev–Trinajstić information content (AvgIpc) is 2.43. The first-order valence-electron chi connectivity index (χ1n) is 5.54. The number of nitrogens with zero attached hydrogens (tertiary/aromatic N) is 1. The summed E-state index contributed by atoms with van der Waals surface area (Å²) in [6.07, 6.45) is 0. The number of rotatable bonds is 3. The van der Waals surface area contributed by atoms with Gasteiger partial charge in [0.25, 0.3) is 0 Å². The summed E-state index contributed by atoms with van der Waals surface area (Å²) in [5.74, 6) is -0.299. The second-order valence-electron chi connectivity index (χ2n) is 3.89. The highest BCUT2D eigenvalue weighted by Crippen LogP contribution is 2.27. The third kappa shape index (κ3) is 2.75. The number of nitrogens with two attached hydrogens (primary N) is 1. The van der Waals surface area contributed by atoms with Crippen molar-refractivity contribution in [3.8, 4) is 11.8 Å². The Morgan fingerprint density at radius 2 is 2.05 bits per heavy atom. The van der Waals surface area contributed by atoms with Crippen molar-refractivity contribution in [1.82, 2.24) is 0 Å². The molecule has 0 aromatic heterocycles. The van der Waals surface area contributed by atoms with E-state index in [2.05, 4.69) is 5.32 Å². The molecule has 19 heavy (non-hydrogen) atoms. The monoisotopic (exact) mass is 257 g/mol. The number of hydrogen-bond donors (Lipinski definition) is 2. The largest absolute Gasteiger partial charge is 0.494 e. The minimum atomic E-state index is -0.438. The van der Waals surface area contributed by atoms with Gasteiger partial charge in [-0.2, -0.15) is 5.26 Å². The van der Waals surface area contributed by atoms with Crippen molar-refractivity contribution in [2.24, 2.45) is 0 Å². The Morgan fingerprint density at radius 3 is 2.74 bits per heavy atom. The normalized spacial score (nSPS) is 9.74. The maximum Gasteiger partial charge on any atom is 0.165 e. The number of nitrogen functional groups attached to an aromatic ring is 1. The highest BCUT2D eigenvalue weighted by atomic mass is 19.1. The number of methoxy groups -OCH3 is 1. The van der Waals surface area contributed by atoms with Crippen molar-refractivity contribution in [3.63, 3.8) is 0 Å². The molecule has 2 aromatic rings. The molecule has 0 bridgehead atoms. The van der Waals surface area contributed by atoms with Crippen LogP contribution in [0.25, 0.3) is 0 Å². The van der Waals surface area contributed by atoms with Crippen LogP contribution in [0.4, 0.5) is 21.5 Å². The third-order valence-corrected chi connectivity index (χ3v) is 2.61. The first-order chi connectivity index (χ1) is 9.13. The summed E-state index contributed by atoms with van der Waals surface area (Å²) in [6, 6.07) is 11.3. The van der Waals surface area contributed by atoms with E-state index in [0.29, 0.717) is 22.6 Å². The lowest BCUT2D eigenvalue weighted by molar-refractivity contribution is 0.387. The van der Waals surface area contributed by atoms with Gasteiger partial charge >= 0.3 is 0 Å². The van der Waals surface area contributed by atoms with Gasteiger partial charge in [-0.25, -0.2) is 4.39 Å². The van der Waals surface area contributed by atoms with Crippen LogP contribution in [-0.4, -0.2) is 7.11 Å². The Labute approximate surface area is 110 Å². The van der Waals surface area contributed by atoms with Crippen molar-refractivity contribution < 1.29 is 9.13 Å². The number of nitriles is 1. The van der Waals surface area contributed by atoms with Crippen LogP contribution < -0.4 is 15.8 Å². The molecule has 0 saturated carbocycles. The molecule has 2 aromatic carbocycles. The lowest BCUT2D eigenvalue weighted by Crippen LogP contribution is -1.98. The van der Waals surface area contributed by atoms with Crippen LogP contribution in [0.1, 0.15) is 5.56 Å². The highest BCUT2D eigenvalue weighted by molar-refractivity contribution is 5.74. The van der Waals surface area contributed by atoms with Gasteiger partial charge in [-0.1, -0.05) is 0 Å². The zero-order valence-electron chi connectivity index (χ0n) is 10.3. The first-order valence-corrected chi connectivity index (χ1v) is 5.54. The van der Waals surface area contributed by atoms with Gasteiger partial charge in [-0.3, -0.25) is 0 Å². The van der Waals surface area contributed by atoms with Crippen molar-refractivity contribution in [1.29, 1.82) is 5.26 Å². The lowest BCUT2D eigenvalue weighted by Gasteiger charge is -2.11. The topological polar surface area (TPSA) is 71.1 Å². The maximum absolute atomic E-state index is 13.3. The minimum absolute atomic E-state index is 0.139. The van der Waals surface area contributed by atoms with Crippen molar-refractivity contribution in [3.05, 3.63) is 47.8 Å². The molecule has 2 rings (SSSR count). The van der Waals surface area contributed by atoms with Gasteiger partial charge in [0.1, 0.15) is 0 Å². The fourth-order valence-corrected chi connectivity index (χ4v) is 1.63. The van der Waals surface area contributed by atoms with E-state index in [1.807, 2.05) is 6.07 Å². The average molecular weight is 257 g/mol. The smallest absolute Gasteiger partial charge is 0.165 e. The van der Waals surface area contributed by atoms with Crippen LogP contribution in [0.3, 0.4) is 0 Å². The molecule has 0 amide bonds. The molecule has 5 heteroatoms. The molecule has 0 spiro atoms. The predicted octanol–water partition coefficient (Wildman–Crippen LogP) is 3.03. The number of hydrogen-bond acceptors (Lipinski definition) is 4. The van der Waals surface area contributed by atoms with E-state index in [4.69, 9.17) is 15.7 Å². The minimum Gasteiger partial charge on any atom is -0.494 e. The van der Waals surface area contributed by atoms with Gasteiger partial charge in [0.05, 0.1) is 30.1 Å². The van der Waals surface area contributed by atoms with Crippen LogP contribution in [0.15, 0.2) is 36.4 Å². The summed E-state index contributed by atoms with van der Waals surface area (Å²) in [4.78, 5) is 0. The zero-order valence-corrected chi connectivity index (χ0v) is 10.3. The zero-order chi connectivity index (χ0) is 13.8. The summed E-state index contributed by atoms with van der Waals surface area (Å²) >= 11 is 0. The SMILES string of the molecule is COc1cc(Nc2cc(C#N)ccc2N)ccc1F. The van der Waals surface area contributed by atoms with Crippen LogP contribution in [-0.2, 0) is 0 Å². The van der Waals surface area contributed by atoms with Gasteiger partial charge in [-0.05, 0) is 30.3 Å². The van der Waals surface area contributed by atoms with E-state index in [1.54, 1.807) is 24.3 Å². The molecule has 0 aliphatic rings. The first kappa shape index (κ1) is 12.7. The third-order valence-electron chi connectivity index (χ3n) is 2.61. The Bertz CT molecular complexity index is 650. The molecule has 0 unspecified atom stereocenters. The lowest BCUT2D eigenvalue weighted by atomic mass is 10.2. The molecule has 0 radical (unpaired) electrons. The molecule has 3 N–H and O–H groups in total. The molecule has 0 aliphatic carbocycles. The van der Waals surface area contributed by atoms with Crippen LogP contribution in [0.5, 0.6) is 5.75 Å². The van der Waals surface area contributed by atoms with E-state index >= 15 is 0 Å². The van der Waals surface area contributed by atoms with Crippen LogP contribution in [0.2, 0.25) is 0 Å². The summed E-state index contributed by atoms with van der Waals surface area (Å²) < 4.78 is 18.2. The number of benzene rings is 2. The predicted molar refractivity (Wildman–Crippen MR) is 71.8 cm³/mol. The summed E-state index contributed by atoms with van der Waals surface area (Å²) in [5, 5.41) is 11.9. The van der Waals surface area contributed by atoms with Crippen molar-refractivity contribution in [2.45, 2.75) is 0 Å². The second-order valence-corrected chi connectivity index (χ2v) is 3.89. The molecule has 0 fully saturated rings. The number of halogens is 1. The van der Waals surface area contributed by atoms with Crippen molar-refractivity contribution in [2.75, 3.05) is 18.2 Å². The number of anilines is 3. The fourth-order valence-electron chi connectivity index (χ4n) is 1.63. The number of ether oxygens (including phenoxy) is 1. The second kappa shape index (κ2) is 5.27. The van der Waals surface area contributed by atoms with E-state index in [0.717, 1.165) is 0 Å². The van der Waals surface area contributed by atoms with Crippen LogP contribution in [0, 0.1) is 17.1 Å². The molecule has 0 saturated heterocycles. The van der Waals surface area contributed by atoms with E-state index in [1.165, 1.54) is 19.2 Å². The van der Waals surface area contributed by atoms with Gasteiger partial charge < -0.3 is 15.8 Å². The molecular formula is C14H12FN3O. The van der Waals surface area contributed by atoms with Gasteiger partial charge in [0.2, 0.25) is 0 Å². The van der Waals surface area contributed by atoms with E-state index < -0.39 is 5.82 Å². The molecule has 96 valence electrons. The molecule has 0 aliphatic heterocycles. The fraction of sp³-hybridized carbons (Fsp3) is 0.0714. The summed E-state index contributed by atoms with van der Waals surface area (Å²) in [5.41, 5.74) is 8.02. The Morgan fingerprint density at radius 1 is 1.26 bits per heavy atom. The standard InChI is InChI=1S/C14H12FN3O/c1-19-14-7-10(3-4-11(14)15)18-13-6-9(8-16)2-5-12(13)17/h2-7,18H,17H2,1H3. The van der Waals surface area contributed by atoms with E-state index in [9.17, 15) is 4.39 Å². The van der Waals surface area contributed by atoms with Gasteiger partial charge in [-0.15, -0.1) is 0 Å². The highest BCUT2D eigenvalue weighted by Gasteiger charge is 2.06. The van der Waals surface area contributed by atoms with Gasteiger partial charge in [0.15, 0.2) is 11.6 Å². The molecule has 4 nitrogen and oxygen atoms in total. The molecular weight excluding hydrogens is 245 g/mol. The number of nitrogens with one attached hydrogen (secondary N) is 1.